The van der Waals surface area contributed by atoms with Crippen molar-refractivity contribution in [2.75, 3.05) is 0 Å². The molecule has 21 heavy (non-hydrogen) atoms. The van der Waals surface area contributed by atoms with Crippen LogP contribution in [0.5, 0.6) is 0 Å². The molecule has 8 nitrogen and oxygen atoms in total. The topological polar surface area (TPSA) is 110 Å². The Kier molecular flexibility index (Phi) is 3.35. The molecule has 2 aromatic rings. The van der Waals surface area contributed by atoms with Gasteiger partial charge in [-0.3, -0.25) is 9.78 Å². The second-order valence-corrected chi connectivity index (χ2v) is 4.81. The molecule has 2 aromatic heterocycles. The largest absolute Gasteiger partial charge is 0.476 e. The van der Waals surface area contributed by atoms with E-state index >= 15 is 0 Å². The van der Waals surface area contributed by atoms with Crippen LogP contribution in [0.2, 0.25) is 0 Å². The quantitative estimate of drug-likeness (QED) is 0.837. The van der Waals surface area contributed by atoms with Crippen LogP contribution in [0.15, 0.2) is 24.5 Å². The molecule has 1 aliphatic rings. The van der Waals surface area contributed by atoms with Gasteiger partial charge in [-0.1, -0.05) is 5.21 Å². The molecule has 0 radical (unpaired) electrons. The van der Waals surface area contributed by atoms with E-state index in [4.69, 9.17) is 0 Å². The maximum Gasteiger partial charge on any atom is 0.358 e. The number of carboxylic acids is 1. The monoisotopic (exact) mass is 287 g/mol. The molecule has 0 aliphatic carbocycles. The third kappa shape index (κ3) is 2.60. The molecule has 1 unspecified atom stereocenters. The number of nitrogens with one attached hydrogen (secondary N) is 1. The van der Waals surface area contributed by atoms with Crippen LogP contribution in [0.4, 0.5) is 0 Å². The van der Waals surface area contributed by atoms with Gasteiger partial charge in [0, 0.05) is 30.4 Å². The van der Waals surface area contributed by atoms with Crippen molar-refractivity contribution in [3.63, 3.8) is 0 Å². The zero-order valence-electron chi connectivity index (χ0n) is 11.1. The summed E-state index contributed by atoms with van der Waals surface area (Å²) in [6.07, 6.45) is 4.35. The lowest BCUT2D eigenvalue weighted by Gasteiger charge is -2.12. The highest BCUT2D eigenvalue weighted by Gasteiger charge is 2.25. The number of hydrogen-bond acceptors (Lipinski definition) is 5. The first-order valence-corrected chi connectivity index (χ1v) is 6.51. The van der Waals surface area contributed by atoms with Crippen molar-refractivity contribution in [2.45, 2.75) is 25.4 Å². The highest BCUT2D eigenvalue weighted by molar-refractivity contribution is 5.92. The van der Waals surface area contributed by atoms with E-state index in [1.165, 1.54) is 4.68 Å². The first-order chi connectivity index (χ1) is 10.1. The SMILES string of the molecule is O=C1CCC(Cn2nnc(C(=O)O)c2-c2ccncc2)N1. The molecule has 0 bridgehead atoms. The molecule has 8 heteroatoms. The number of pyridine rings is 1. The summed E-state index contributed by atoms with van der Waals surface area (Å²) < 4.78 is 1.52. The van der Waals surface area contributed by atoms with Gasteiger partial charge in [0.15, 0.2) is 5.69 Å². The minimum Gasteiger partial charge on any atom is -0.476 e. The molecular formula is C13H13N5O3. The summed E-state index contributed by atoms with van der Waals surface area (Å²) in [6.45, 7) is 0.393. The number of carbonyl (C=O) groups is 2. The summed E-state index contributed by atoms with van der Waals surface area (Å²) in [5.41, 5.74) is 0.994. The molecule has 0 saturated carbocycles. The average molecular weight is 287 g/mol. The van der Waals surface area contributed by atoms with Crippen LogP contribution in [-0.4, -0.2) is 43.0 Å². The van der Waals surface area contributed by atoms with E-state index in [0.29, 0.717) is 30.6 Å². The second-order valence-electron chi connectivity index (χ2n) is 4.81. The number of aromatic carboxylic acids is 1. The van der Waals surface area contributed by atoms with E-state index in [2.05, 4.69) is 20.6 Å². The Labute approximate surface area is 119 Å². The van der Waals surface area contributed by atoms with Gasteiger partial charge in [-0.2, -0.15) is 0 Å². The minimum absolute atomic E-state index is 0.00374. The molecule has 1 atom stereocenters. The number of carboxylic acid groups (broad SMARTS) is 1. The molecule has 1 saturated heterocycles. The summed E-state index contributed by atoms with van der Waals surface area (Å²) in [7, 11) is 0. The summed E-state index contributed by atoms with van der Waals surface area (Å²) in [5, 5.41) is 19.7. The Morgan fingerprint density at radius 2 is 2.19 bits per heavy atom. The summed E-state index contributed by atoms with van der Waals surface area (Å²) in [5.74, 6) is -1.13. The highest BCUT2D eigenvalue weighted by atomic mass is 16.4. The number of amides is 1. The molecule has 0 spiro atoms. The van der Waals surface area contributed by atoms with Gasteiger partial charge in [0.05, 0.1) is 6.54 Å². The van der Waals surface area contributed by atoms with Gasteiger partial charge in [0.25, 0.3) is 0 Å². The van der Waals surface area contributed by atoms with E-state index in [1.807, 2.05) is 0 Å². The third-order valence-corrected chi connectivity index (χ3v) is 3.37. The second kappa shape index (κ2) is 5.31. The summed E-state index contributed by atoms with van der Waals surface area (Å²) in [4.78, 5) is 26.5. The van der Waals surface area contributed by atoms with E-state index < -0.39 is 5.97 Å². The molecule has 1 aliphatic heterocycles. The maximum absolute atomic E-state index is 11.3. The van der Waals surface area contributed by atoms with Crippen LogP contribution in [0.3, 0.4) is 0 Å². The number of hydrogen-bond donors (Lipinski definition) is 2. The predicted molar refractivity (Wildman–Crippen MR) is 71.4 cm³/mol. The van der Waals surface area contributed by atoms with Crippen LogP contribution in [0.1, 0.15) is 23.3 Å². The summed E-state index contributed by atoms with van der Waals surface area (Å²) >= 11 is 0. The number of aromatic nitrogens is 4. The van der Waals surface area contributed by atoms with Gasteiger partial charge in [0.2, 0.25) is 5.91 Å². The molecule has 2 N–H and O–H groups in total. The fourth-order valence-electron chi connectivity index (χ4n) is 2.40. The van der Waals surface area contributed by atoms with Crippen LogP contribution in [-0.2, 0) is 11.3 Å². The molecule has 3 heterocycles. The van der Waals surface area contributed by atoms with Crippen molar-refractivity contribution in [3.8, 4) is 11.3 Å². The zero-order valence-corrected chi connectivity index (χ0v) is 11.1. The van der Waals surface area contributed by atoms with Crippen LogP contribution >= 0.6 is 0 Å². The first-order valence-electron chi connectivity index (χ1n) is 6.51. The van der Waals surface area contributed by atoms with Gasteiger partial charge >= 0.3 is 5.97 Å². The minimum atomic E-state index is -1.14. The number of carbonyl (C=O) groups excluding carboxylic acids is 1. The van der Waals surface area contributed by atoms with E-state index in [-0.39, 0.29) is 17.6 Å². The van der Waals surface area contributed by atoms with Gasteiger partial charge < -0.3 is 10.4 Å². The van der Waals surface area contributed by atoms with Gasteiger partial charge in [-0.15, -0.1) is 5.10 Å². The standard InChI is InChI=1S/C13H13N5O3/c19-10-2-1-9(15-10)7-18-12(8-3-5-14-6-4-8)11(13(20)21)16-17-18/h3-6,9H,1-2,7H2,(H,15,19)(H,20,21). The lowest BCUT2D eigenvalue weighted by Crippen LogP contribution is -2.30. The fourth-order valence-corrected chi connectivity index (χ4v) is 2.40. The summed E-state index contributed by atoms with van der Waals surface area (Å²) in [6, 6.07) is 3.35. The van der Waals surface area contributed by atoms with E-state index in [9.17, 15) is 14.7 Å². The number of rotatable bonds is 4. The normalized spacial score (nSPS) is 17.7. The van der Waals surface area contributed by atoms with Gasteiger partial charge in [-0.25, -0.2) is 9.48 Å². The smallest absolute Gasteiger partial charge is 0.358 e. The predicted octanol–water partition coefficient (Wildman–Crippen LogP) is 0.317. The van der Waals surface area contributed by atoms with Crippen molar-refractivity contribution in [1.29, 1.82) is 0 Å². The lowest BCUT2D eigenvalue weighted by atomic mass is 10.1. The van der Waals surface area contributed by atoms with Crippen LogP contribution in [0.25, 0.3) is 11.3 Å². The molecule has 1 fully saturated rings. The van der Waals surface area contributed by atoms with E-state index in [1.54, 1.807) is 24.5 Å². The Morgan fingerprint density at radius 1 is 1.43 bits per heavy atom. The Hall–Kier alpha value is -2.77. The Morgan fingerprint density at radius 3 is 2.81 bits per heavy atom. The highest BCUT2D eigenvalue weighted by Crippen LogP contribution is 2.22. The van der Waals surface area contributed by atoms with Crippen molar-refractivity contribution in [3.05, 3.63) is 30.2 Å². The molecule has 0 aromatic carbocycles. The third-order valence-electron chi connectivity index (χ3n) is 3.37. The average Bonchev–Trinajstić information content (AvgIpc) is 3.07. The maximum atomic E-state index is 11.3. The van der Waals surface area contributed by atoms with Crippen molar-refractivity contribution in [2.24, 2.45) is 0 Å². The van der Waals surface area contributed by atoms with Crippen molar-refractivity contribution in [1.82, 2.24) is 25.3 Å². The Bertz CT molecular complexity index is 682. The number of nitrogens with zero attached hydrogens (tertiary/aromatic N) is 4. The zero-order chi connectivity index (χ0) is 14.8. The molecule has 3 rings (SSSR count). The first kappa shape index (κ1) is 13.2. The molecule has 108 valence electrons. The van der Waals surface area contributed by atoms with Gasteiger partial charge in [0.1, 0.15) is 5.69 Å². The molecule has 1 amide bonds. The molecular weight excluding hydrogens is 274 g/mol. The fraction of sp³-hybridized carbons (Fsp3) is 0.308. The van der Waals surface area contributed by atoms with Crippen LogP contribution < -0.4 is 5.32 Å². The van der Waals surface area contributed by atoms with Crippen molar-refractivity contribution >= 4 is 11.9 Å². The van der Waals surface area contributed by atoms with E-state index in [0.717, 1.165) is 0 Å². The van der Waals surface area contributed by atoms with Crippen LogP contribution in [0, 0.1) is 0 Å². The van der Waals surface area contributed by atoms with Gasteiger partial charge in [-0.05, 0) is 18.6 Å². The Balaban J connectivity index is 1.97. The lowest BCUT2D eigenvalue weighted by molar-refractivity contribution is -0.119. The van der Waals surface area contributed by atoms with Crippen molar-refractivity contribution < 1.29 is 14.7 Å².